The second kappa shape index (κ2) is 5.07. The molecule has 1 N–H and O–H groups in total. The first-order valence-corrected chi connectivity index (χ1v) is 7.14. The zero-order valence-corrected chi connectivity index (χ0v) is 10.9. The van der Waals surface area contributed by atoms with Crippen LogP contribution in [-0.2, 0) is 19.1 Å². The topological polar surface area (TPSA) is 72.5 Å². The van der Waals surface area contributed by atoms with Crippen LogP contribution >= 0.6 is 0 Å². The lowest BCUT2D eigenvalue weighted by atomic mass is 10.1. The number of hydrogen-bond acceptors (Lipinski definition) is 4. The first kappa shape index (κ1) is 13.0. The van der Waals surface area contributed by atoms with Gasteiger partial charge in [-0.05, 0) is 25.5 Å². The Morgan fingerprint density at radius 2 is 2.00 bits per heavy atom. The van der Waals surface area contributed by atoms with E-state index in [1.165, 1.54) is 12.1 Å². The summed E-state index contributed by atoms with van der Waals surface area (Å²) >= 11 is 0. The Kier molecular flexibility index (Phi) is 3.68. The molecule has 0 saturated carbocycles. The SMILES string of the molecule is Cc1ccc(S(=O)(=O)OCC2CCNC2=O)cc1. The van der Waals surface area contributed by atoms with Gasteiger partial charge >= 0.3 is 0 Å². The van der Waals surface area contributed by atoms with Gasteiger partial charge in [0.25, 0.3) is 10.1 Å². The zero-order valence-electron chi connectivity index (χ0n) is 10.0. The number of aryl methyl sites for hydroxylation is 1. The number of hydrogen-bond donors (Lipinski definition) is 1. The molecule has 1 fully saturated rings. The quantitative estimate of drug-likeness (QED) is 0.822. The molecule has 5 nitrogen and oxygen atoms in total. The number of nitrogens with one attached hydrogen (secondary N) is 1. The van der Waals surface area contributed by atoms with E-state index in [-0.39, 0.29) is 23.3 Å². The second-order valence-electron chi connectivity index (χ2n) is 4.33. The van der Waals surface area contributed by atoms with Gasteiger partial charge in [0.05, 0.1) is 17.4 Å². The van der Waals surface area contributed by atoms with E-state index in [9.17, 15) is 13.2 Å². The molecule has 6 heteroatoms. The summed E-state index contributed by atoms with van der Waals surface area (Å²) in [5.41, 5.74) is 0.976. The molecule has 0 aliphatic carbocycles. The number of benzene rings is 1. The number of carbonyl (C=O) groups is 1. The van der Waals surface area contributed by atoms with Crippen molar-refractivity contribution in [3.8, 4) is 0 Å². The Bertz CT molecular complexity index is 536. The van der Waals surface area contributed by atoms with Gasteiger partial charge < -0.3 is 5.32 Å². The molecule has 98 valence electrons. The highest BCUT2D eigenvalue weighted by atomic mass is 32.2. The van der Waals surface area contributed by atoms with Crippen molar-refractivity contribution in [3.63, 3.8) is 0 Å². The number of rotatable bonds is 4. The monoisotopic (exact) mass is 269 g/mol. The van der Waals surface area contributed by atoms with Crippen molar-refractivity contribution >= 4 is 16.0 Å². The maximum absolute atomic E-state index is 11.9. The summed E-state index contributed by atoms with van der Waals surface area (Å²) in [5.74, 6) is -0.515. The molecular weight excluding hydrogens is 254 g/mol. The van der Waals surface area contributed by atoms with Gasteiger partial charge in [-0.2, -0.15) is 8.42 Å². The van der Waals surface area contributed by atoms with Crippen LogP contribution in [0.2, 0.25) is 0 Å². The molecule has 1 aliphatic heterocycles. The summed E-state index contributed by atoms with van der Waals surface area (Å²) in [5, 5.41) is 2.64. The van der Waals surface area contributed by atoms with E-state index in [2.05, 4.69) is 5.32 Å². The van der Waals surface area contributed by atoms with E-state index < -0.39 is 10.1 Å². The number of amides is 1. The van der Waals surface area contributed by atoms with Crippen LogP contribution in [0, 0.1) is 12.8 Å². The van der Waals surface area contributed by atoms with Crippen LogP contribution in [0.4, 0.5) is 0 Å². The average molecular weight is 269 g/mol. The molecule has 1 saturated heterocycles. The number of carbonyl (C=O) groups excluding carboxylic acids is 1. The van der Waals surface area contributed by atoms with Crippen molar-refractivity contribution in [2.24, 2.45) is 5.92 Å². The largest absolute Gasteiger partial charge is 0.356 e. The van der Waals surface area contributed by atoms with Gasteiger partial charge in [0.1, 0.15) is 0 Å². The van der Waals surface area contributed by atoms with Crippen molar-refractivity contribution in [2.45, 2.75) is 18.2 Å². The molecule has 0 spiro atoms. The van der Waals surface area contributed by atoms with Gasteiger partial charge in [-0.25, -0.2) is 0 Å². The molecule has 2 rings (SSSR count). The fourth-order valence-corrected chi connectivity index (χ4v) is 2.70. The zero-order chi connectivity index (χ0) is 13.2. The highest BCUT2D eigenvalue weighted by Gasteiger charge is 2.27. The molecular formula is C12H15NO4S. The van der Waals surface area contributed by atoms with E-state index in [1.807, 2.05) is 6.92 Å². The van der Waals surface area contributed by atoms with E-state index in [0.29, 0.717) is 13.0 Å². The minimum absolute atomic E-state index is 0.0952. The van der Waals surface area contributed by atoms with E-state index in [1.54, 1.807) is 12.1 Å². The van der Waals surface area contributed by atoms with Crippen LogP contribution in [0.1, 0.15) is 12.0 Å². The minimum Gasteiger partial charge on any atom is -0.356 e. The third-order valence-corrected chi connectivity index (χ3v) is 4.19. The van der Waals surface area contributed by atoms with Crippen LogP contribution in [-0.4, -0.2) is 27.5 Å². The third kappa shape index (κ3) is 2.88. The molecule has 0 radical (unpaired) electrons. The van der Waals surface area contributed by atoms with Crippen molar-refractivity contribution in [2.75, 3.05) is 13.2 Å². The van der Waals surface area contributed by atoms with Crippen LogP contribution < -0.4 is 5.32 Å². The summed E-state index contributed by atoms with van der Waals surface area (Å²) in [6, 6.07) is 6.41. The van der Waals surface area contributed by atoms with Crippen molar-refractivity contribution in [1.29, 1.82) is 0 Å². The normalized spacial score (nSPS) is 19.8. The molecule has 1 aromatic rings. The highest BCUT2D eigenvalue weighted by molar-refractivity contribution is 7.86. The van der Waals surface area contributed by atoms with Crippen LogP contribution in [0.3, 0.4) is 0 Å². The van der Waals surface area contributed by atoms with Gasteiger partial charge in [0.15, 0.2) is 0 Å². The fourth-order valence-electron chi connectivity index (χ4n) is 1.75. The van der Waals surface area contributed by atoms with E-state index in [0.717, 1.165) is 5.56 Å². The first-order valence-electron chi connectivity index (χ1n) is 5.73. The molecule has 1 heterocycles. The summed E-state index contributed by atoms with van der Waals surface area (Å²) in [6.07, 6.45) is 0.613. The molecule has 1 atom stereocenters. The smallest absolute Gasteiger partial charge is 0.296 e. The van der Waals surface area contributed by atoms with Crippen molar-refractivity contribution < 1.29 is 17.4 Å². The summed E-state index contributed by atoms with van der Waals surface area (Å²) in [4.78, 5) is 11.4. The Morgan fingerprint density at radius 3 is 2.56 bits per heavy atom. The summed E-state index contributed by atoms with van der Waals surface area (Å²) < 4.78 is 28.6. The van der Waals surface area contributed by atoms with E-state index >= 15 is 0 Å². The Hall–Kier alpha value is -1.40. The molecule has 1 aromatic carbocycles. The highest BCUT2D eigenvalue weighted by Crippen LogP contribution is 2.16. The Labute approximate surface area is 106 Å². The van der Waals surface area contributed by atoms with Gasteiger partial charge in [-0.15, -0.1) is 0 Å². The lowest BCUT2D eigenvalue weighted by Crippen LogP contribution is -2.23. The van der Waals surface area contributed by atoms with Gasteiger partial charge in [0, 0.05) is 6.54 Å². The van der Waals surface area contributed by atoms with Crippen molar-refractivity contribution in [3.05, 3.63) is 29.8 Å². The molecule has 0 aromatic heterocycles. The maximum Gasteiger partial charge on any atom is 0.296 e. The first-order chi connectivity index (χ1) is 8.49. The van der Waals surface area contributed by atoms with Crippen LogP contribution in [0.15, 0.2) is 29.2 Å². The Balaban J connectivity index is 2.03. The van der Waals surface area contributed by atoms with Gasteiger partial charge in [0.2, 0.25) is 5.91 Å². The molecule has 1 aliphatic rings. The molecule has 18 heavy (non-hydrogen) atoms. The maximum atomic E-state index is 11.9. The predicted octanol–water partition coefficient (Wildman–Crippen LogP) is 0.836. The summed E-state index contributed by atoms with van der Waals surface area (Å²) in [6.45, 7) is 2.36. The molecule has 0 bridgehead atoms. The van der Waals surface area contributed by atoms with Crippen LogP contribution in [0.25, 0.3) is 0 Å². The lowest BCUT2D eigenvalue weighted by molar-refractivity contribution is -0.123. The van der Waals surface area contributed by atoms with Crippen LogP contribution in [0.5, 0.6) is 0 Å². The van der Waals surface area contributed by atoms with Crippen molar-refractivity contribution in [1.82, 2.24) is 5.32 Å². The average Bonchev–Trinajstić information content (AvgIpc) is 2.73. The summed E-state index contributed by atoms with van der Waals surface area (Å²) in [7, 11) is -3.77. The van der Waals surface area contributed by atoms with E-state index in [4.69, 9.17) is 4.18 Å². The fraction of sp³-hybridized carbons (Fsp3) is 0.417. The second-order valence-corrected chi connectivity index (χ2v) is 5.94. The lowest BCUT2D eigenvalue weighted by Gasteiger charge is -2.08. The van der Waals surface area contributed by atoms with Gasteiger partial charge in [-0.3, -0.25) is 8.98 Å². The standard InChI is InChI=1S/C12H15NO4S/c1-9-2-4-11(5-3-9)18(15,16)17-8-10-6-7-13-12(10)14/h2-5,10H,6-8H2,1H3,(H,13,14). The van der Waals surface area contributed by atoms with Gasteiger partial charge in [-0.1, -0.05) is 17.7 Å². The predicted molar refractivity (Wildman–Crippen MR) is 65.4 cm³/mol. The Morgan fingerprint density at radius 1 is 1.33 bits per heavy atom. The minimum atomic E-state index is -3.77. The third-order valence-electron chi connectivity index (χ3n) is 2.90. The molecule has 1 amide bonds. The molecule has 1 unspecified atom stereocenters.